The molecule has 1 N–H and O–H groups in total. The van der Waals surface area contributed by atoms with Crippen molar-refractivity contribution in [1.82, 2.24) is 14.8 Å². The summed E-state index contributed by atoms with van der Waals surface area (Å²) in [4.78, 5) is 33.7. The lowest BCUT2D eigenvalue weighted by molar-refractivity contribution is 0.0668. The summed E-state index contributed by atoms with van der Waals surface area (Å²) in [5, 5.41) is 3.38. The van der Waals surface area contributed by atoms with Crippen LogP contribution < -0.4 is 14.8 Å². The van der Waals surface area contributed by atoms with Crippen molar-refractivity contribution < 1.29 is 19.1 Å². The number of carbonyl (C=O) groups is 2. The third-order valence-electron chi connectivity index (χ3n) is 4.33. The van der Waals surface area contributed by atoms with Gasteiger partial charge in [0.25, 0.3) is 5.91 Å². The van der Waals surface area contributed by atoms with Crippen LogP contribution in [0.4, 0.5) is 9.93 Å². The number of piperazine rings is 1. The second-order valence-corrected chi connectivity index (χ2v) is 7.29. The molecule has 2 heterocycles. The van der Waals surface area contributed by atoms with Gasteiger partial charge in [-0.1, -0.05) is 0 Å². The fourth-order valence-electron chi connectivity index (χ4n) is 2.84. The Labute approximate surface area is 161 Å². The molecule has 1 fully saturated rings. The van der Waals surface area contributed by atoms with Gasteiger partial charge in [-0.3, -0.25) is 10.1 Å². The minimum absolute atomic E-state index is 0.120. The van der Waals surface area contributed by atoms with Crippen molar-refractivity contribution in [3.8, 4) is 11.5 Å². The van der Waals surface area contributed by atoms with E-state index in [-0.39, 0.29) is 11.9 Å². The zero-order valence-electron chi connectivity index (χ0n) is 15.5. The third kappa shape index (κ3) is 4.30. The summed E-state index contributed by atoms with van der Waals surface area (Å²) in [6.45, 7) is 3.77. The molecule has 2 aromatic rings. The molecule has 1 saturated heterocycles. The molecule has 1 aliphatic rings. The first kappa shape index (κ1) is 19.0. The number of benzene rings is 1. The standard InChI is InChI=1S/C18H22N4O4S/c1-12-11-19-17(27-12)20-18(24)22-8-6-21(7-9-22)16(23)14-5-4-13(25-2)10-15(14)26-3/h4-5,10-11H,6-9H2,1-3H3,(H,19,20,24). The van der Waals surface area contributed by atoms with E-state index in [1.54, 1.807) is 41.3 Å². The molecule has 0 atom stereocenters. The van der Waals surface area contributed by atoms with Gasteiger partial charge in [-0.05, 0) is 19.1 Å². The van der Waals surface area contributed by atoms with E-state index in [1.807, 2.05) is 6.92 Å². The summed E-state index contributed by atoms with van der Waals surface area (Å²) in [5.74, 6) is 0.978. The molecule has 3 rings (SSSR count). The molecule has 0 unspecified atom stereocenters. The molecular formula is C18H22N4O4S. The van der Waals surface area contributed by atoms with Crippen molar-refractivity contribution >= 4 is 28.4 Å². The van der Waals surface area contributed by atoms with Crippen LogP contribution in [0.1, 0.15) is 15.2 Å². The van der Waals surface area contributed by atoms with E-state index in [0.29, 0.717) is 48.4 Å². The Morgan fingerprint density at radius 2 is 1.81 bits per heavy atom. The van der Waals surface area contributed by atoms with Crippen LogP contribution in [0.15, 0.2) is 24.4 Å². The molecule has 1 aromatic carbocycles. The highest BCUT2D eigenvalue weighted by Gasteiger charge is 2.27. The number of nitrogens with zero attached hydrogens (tertiary/aromatic N) is 3. The average molecular weight is 390 g/mol. The first-order valence-corrected chi connectivity index (χ1v) is 9.33. The lowest BCUT2D eigenvalue weighted by Gasteiger charge is -2.34. The van der Waals surface area contributed by atoms with Crippen molar-refractivity contribution in [3.63, 3.8) is 0 Å². The van der Waals surface area contributed by atoms with E-state index in [9.17, 15) is 9.59 Å². The molecule has 8 nitrogen and oxygen atoms in total. The zero-order chi connectivity index (χ0) is 19.4. The van der Waals surface area contributed by atoms with Gasteiger partial charge in [0.1, 0.15) is 11.5 Å². The number of hydrogen-bond acceptors (Lipinski definition) is 6. The second-order valence-electron chi connectivity index (χ2n) is 6.05. The van der Waals surface area contributed by atoms with Gasteiger partial charge >= 0.3 is 6.03 Å². The number of rotatable bonds is 4. The lowest BCUT2D eigenvalue weighted by Crippen LogP contribution is -2.51. The number of ether oxygens (including phenoxy) is 2. The van der Waals surface area contributed by atoms with E-state index in [2.05, 4.69) is 10.3 Å². The largest absolute Gasteiger partial charge is 0.497 e. The number of carbonyl (C=O) groups excluding carboxylic acids is 2. The zero-order valence-corrected chi connectivity index (χ0v) is 16.3. The highest BCUT2D eigenvalue weighted by atomic mass is 32.1. The van der Waals surface area contributed by atoms with Gasteiger partial charge in [0.05, 0.1) is 19.8 Å². The molecular weight excluding hydrogens is 368 g/mol. The van der Waals surface area contributed by atoms with Crippen LogP contribution in [0, 0.1) is 6.92 Å². The number of methoxy groups -OCH3 is 2. The van der Waals surface area contributed by atoms with Crippen molar-refractivity contribution in [2.75, 3.05) is 45.7 Å². The number of aromatic nitrogens is 1. The van der Waals surface area contributed by atoms with Crippen molar-refractivity contribution in [3.05, 3.63) is 34.8 Å². The first-order chi connectivity index (χ1) is 13.0. The van der Waals surface area contributed by atoms with Crippen molar-refractivity contribution in [1.29, 1.82) is 0 Å². The molecule has 0 aliphatic carbocycles. The summed E-state index contributed by atoms with van der Waals surface area (Å²) in [7, 11) is 3.09. The van der Waals surface area contributed by atoms with E-state index >= 15 is 0 Å². The summed E-state index contributed by atoms with van der Waals surface area (Å²) in [6.07, 6.45) is 1.72. The molecule has 0 spiro atoms. The fraction of sp³-hybridized carbons (Fsp3) is 0.389. The van der Waals surface area contributed by atoms with Gasteiger partial charge in [-0.15, -0.1) is 11.3 Å². The Morgan fingerprint density at radius 1 is 1.11 bits per heavy atom. The Kier molecular flexibility index (Phi) is 5.80. The number of anilines is 1. The summed E-state index contributed by atoms with van der Waals surface area (Å²) >= 11 is 1.43. The first-order valence-electron chi connectivity index (χ1n) is 8.51. The normalized spacial score (nSPS) is 14.0. The summed E-state index contributed by atoms with van der Waals surface area (Å²) in [5.41, 5.74) is 0.481. The van der Waals surface area contributed by atoms with Gasteiger partial charge in [-0.2, -0.15) is 0 Å². The molecule has 1 aliphatic heterocycles. The summed E-state index contributed by atoms with van der Waals surface area (Å²) in [6, 6.07) is 4.92. The number of nitrogens with one attached hydrogen (secondary N) is 1. The van der Waals surface area contributed by atoms with E-state index in [4.69, 9.17) is 9.47 Å². The molecule has 0 saturated carbocycles. The predicted molar refractivity (Wildman–Crippen MR) is 103 cm³/mol. The second kappa shape index (κ2) is 8.26. The van der Waals surface area contributed by atoms with E-state index < -0.39 is 0 Å². The minimum Gasteiger partial charge on any atom is -0.497 e. The van der Waals surface area contributed by atoms with E-state index in [1.165, 1.54) is 18.4 Å². The maximum atomic E-state index is 12.8. The van der Waals surface area contributed by atoms with Gasteiger partial charge in [-0.25, -0.2) is 9.78 Å². The van der Waals surface area contributed by atoms with Crippen LogP contribution in [0.5, 0.6) is 11.5 Å². The minimum atomic E-state index is -0.196. The molecule has 9 heteroatoms. The predicted octanol–water partition coefficient (Wildman–Crippen LogP) is 2.46. The van der Waals surface area contributed by atoms with Crippen molar-refractivity contribution in [2.24, 2.45) is 0 Å². The lowest BCUT2D eigenvalue weighted by atomic mass is 10.1. The smallest absolute Gasteiger partial charge is 0.323 e. The van der Waals surface area contributed by atoms with Gasteiger partial charge in [0.15, 0.2) is 5.13 Å². The van der Waals surface area contributed by atoms with Crippen LogP contribution in [-0.2, 0) is 0 Å². The highest BCUT2D eigenvalue weighted by molar-refractivity contribution is 7.15. The number of urea groups is 1. The van der Waals surface area contributed by atoms with Crippen LogP contribution in [0.3, 0.4) is 0 Å². The van der Waals surface area contributed by atoms with Gasteiger partial charge in [0, 0.05) is 43.3 Å². The monoisotopic (exact) mass is 390 g/mol. The molecule has 1 aromatic heterocycles. The van der Waals surface area contributed by atoms with Crippen LogP contribution >= 0.6 is 11.3 Å². The third-order valence-corrected chi connectivity index (χ3v) is 5.16. The van der Waals surface area contributed by atoms with Crippen LogP contribution in [0.2, 0.25) is 0 Å². The van der Waals surface area contributed by atoms with Crippen LogP contribution in [0.25, 0.3) is 0 Å². The maximum Gasteiger partial charge on any atom is 0.323 e. The Bertz CT molecular complexity index is 831. The number of aryl methyl sites for hydroxylation is 1. The number of thiazole rings is 1. The molecule has 0 radical (unpaired) electrons. The average Bonchev–Trinajstić information content (AvgIpc) is 3.11. The van der Waals surface area contributed by atoms with Crippen LogP contribution in [-0.4, -0.2) is 67.1 Å². The van der Waals surface area contributed by atoms with Gasteiger partial charge in [0.2, 0.25) is 0 Å². The SMILES string of the molecule is COc1ccc(C(=O)N2CCN(C(=O)Nc3ncc(C)s3)CC2)c(OC)c1. The molecule has 0 bridgehead atoms. The Morgan fingerprint density at radius 3 is 2.41 bits per heavy atom. The quantitative estimate of drug-likeness (QED) is 0.867. The number of hydrogen-bond donors (Lipinski definition) is 1. The molecule has 3 amide bonds. The highest BCUT2D eigenvalue weighted by Crippen LogP contribution is 2.26. The fourth-order valence-corrected chi connectivity index (χ4v) is 3.50. The van der Waals surface area contributed by atoms with Gasteiger partial charge < -0.3 is 19.3 Å². The Hall–Kier alpha value is -2.81. The summed E-state index contributed by atoms with van der Waals surface area (Å²) < 4.78 is 10.5. The maximum absolute atomic E-state index is 12.8. The molecule has 27 heavy (non-hydrogen) atoms. The molecule has 144 valence electrons. The van der Waals surface area contributed by atoms with Crippen molar-refractivity contribution in [2.45, 2.75) is 6.92 Å². The Balaban J connectivity index is 1.60. The number of amides is 3. The van der Waals surface area contributed by atoms with E-state index in [0.717, 1.165) is 4.88 Å². The topological polar surface area (TPSA) is 84.0 Å².